The number of carbonyl (C=O) groups is 1. The van der Waals surface area contributed by atoms with E-state index in [0.29, 0.717) is 10.7 Å². The van der Waals surface area contributed by atoms with Gasteiger partial charge in [-0.1, -0.05) is 53.0 Å². The number of aromatic nitrogens is 2. The fraction of sp³-hybridized carbons (Fsp3) is 0.238. The van der Waals surface area contributed by atoms with Crippen LogP contribution in [0.25, 0.3) is 0 Å². The van der Waals surface area contributed by atoms with Crippen LogP contribution in [0.5, 0.6) is 0 Å². The van der Waals surface area contributed by atoms with Crippen molar-refractivity contribution in [3.8, 4) is 0 Å². The van der Waals surface area contributed by atoms with Gasteiger partial charge >= 0.3 is 6.18 Å². The van der Waals surface area contributed by atoms with E-state index in [9.17, 15) is 18.0 Å². The summed E-state index contributed by atoms with van der Waals surface area (Å²) in [5, 5.41) is 10.1. The van der Waals surface area contributed by atoms with Crippen LogP contribution >= 0.6 is 23.2 Å². The van der Waals surface area contributed by atoms with E-state index in [1.807, 2.05) is 19.1 Å². The molecule has 1 aliphatic rings. The van der Waals surface area contributed by atoms with Crippen LogP contribution < -0.4 is 10.6 Å². The number of benzene rings is 2. The van der Waals surface area contributed by atoms with Crippen LogP contribution in [0.4, 0.5) is 24.7 Å². The minimum absolute atomic E-state index is 0.124. The maximum absolute atomic E-state index is 13.8. The minimum Gasteiger partial charge on any atom is -0.363 e. The summed E-state index contributed by atoms with van der Waals surface area (Å²) in [6, 6.07) is 10.7. The molecule has 2 atom stereocenters. The molecule has 0 aliphatic carbocycles. The van der Waals surface area contributed by atoms with Gasteiger partial charge in [-0.15, -0.1) is 0 Å². The number of anilines is 2. The predicted octanol–water partition coefficient (Wildman–Crippen LogP) is 6.41. The second-order valence-electron chi connectivity index (χ2n) is 7.34. The number of nitrogens with zero attached hydrogens (tertiary/aromatic N) is 2. The van der Waals surface area contributed by atoms with Crippen molar-refractivity contribution in [1.29, 1.82) is 0 Å². The van der Waals surface area contributed by atoms with E-state index >= 15 is 0 Å². The van der Waals surface area contributed by atoms with E-state index < -0.39 is 24.2 Å². The average Bonchev–Trinajstić information content (AvgIpc) is 3.14. The van der Waals surface area contributed by atoms with Crippen LogP contribution in [0.15, 0.2) is 48.5 Å². The highest BCUT2D eigenvalue weighted by molar-refractivity contribution is 6.42. The highest BCUT2D eigenvalue weighted by Crippen LogP contribution is 2.43. The van der Waals surface area contributed by atoms with Gasteiger partial charge in [-0.25, -0.2) is 4.68 Å². The molecule has 5 nitrogen and oxygen atoms in total. The molecule has 0 saturated heterocycles. The Labute approximate surface area is 186 Å². The Morgan fingerprint density at radius 2 is 1.84 bits per heavy atom. The summed E-state index contributed by atoms with van der Waals surface area (Å²) in [6.45, 7) is 1.91. The molecule has 10 heteroatoms. The normalized spacial score (nSPS) is 18.3. The third-order valence-corrected chi connectivity index (χ3v) is 5.82. The fourth-order valence-electron chi connectivity index (χ4n) is 3.47. The molecule has 3 aromatic rings. The molecule has 0 saturated carbocycles. The van der Waals surface area contributed by atoms with Crippen LogP contribution in [0, 0.1) is 6.92 Å². The lowest BCUT2D eigenvalue weighted by Gasteiger charge is -2.33. The van der Waals surface area contributed by atoms with Crippen molar-refractivity contribution < 1.29 is 18.0 Å². The van der Waals surface area contributed by atoms with Crippen molar-refractivity contribution in [1.82, 2.24) is 9.78 Å². The van der Waals surface area contributed by atoms with Crippen LogP contribution in [-0.2, 0) is 0 Å². The molecule has 2 aromatic carbocycles. The second kappa shape index (κ2) is 8.09. The van der Waals surface area contributed by atoms with Crippen molar-refractivity contribution in [2.24, 2.45) is 0 Å². The molecule has 2 heterocycles. The molecular formula is C21H17Cl2F3N4O. The number of hydrogen-bond acceptors (Lipinski definition) is 3. The van der Waals surface area contributed by atoms with E-state index in [1.54, 1.807) is 12.1 Å². The molecule has 31 heavy (non-hydrogen) atoms. The Morgan fingerprint density at radius 3 is 2.48 bits per heavy atom. The van der Waals surface area contributed by atoms with E-state index in [0.717, 1.165) is 15.8 Å². The Morgan fingerprint density at radius 1 is 1.13 bits per heavy atom. The predicted molar refractivity (Wildman–Crippen MR) is 114 cm³/mol. The molecule has 4 rings (SSSR count). The number of carbonyl (C=O) groups excluding carboxylic acids is 1. The number of hydrogen-bond donors (Lipinski definition) is 2. The minimum atomic E-state index is -4.52. The van der Waals surface area contributed by atoms with Crippen LogP contribution in [-0.4, -0.2) is 21.9 Å². The molecule has 162 valence electrons. The van der Waals surface area contributed by atoms with Crippen LogP contribution in [0.1, 0.15) is 40.1 Å². The largest absolute Gasteiger partial charge is 0.410 e. The topological polar surface area (TPSA) is 59.0 Å². The summed E-state index contributed by atoms with van der Waals surface area (Å²) in [5.41, 5.74) is 1.95. The number of halogens is 5. The third-order valence-electron chi connectivity index (χ3n) is 5.08. The lowest BCUT2D eigenvalue weighted by molar-refractivity contribution is -0.173. The molecule has 1 aromatic heterocycles. The highest BCUT2D eigenvalue weighted by atomic mass is 35.5. The van der Waals surface area contributed by atoms with Gasteiger partial charge in [0.2, 0.25) is 0 Å². The summed E-state index contributed by atoms with van der Waals surface area (Å²) < 4.78 is 42.2. The van der Waals surface area contributed by atoms with Crippen molar-refractivity contribution in [2.75, 3.05) is 10.6 Å². The SMILES string of the molecule is Cc1ccc([C@@H]2C[C@@H](C(F)(F)F)n3nc(C(=O)Nc4ccc(Cl)c(Cl)c4)cc3N2)cc1. The number of fused-ring (bicyclic) bond motifs is 1. The number of amides is 1. The number of aryl methyl sites for hydroxylation is 1. The van der Waals surface area contributed by atoms with Gasteiger partial charge in [0.1, 0.15) is 5.82 Å². The van der Waals surface area contributed by atoms with Gasteiger partial charge < -0.3 is 10.6 Å². The monoisotopic (exact) mass is 468 g/mol. The van der Waals surface area contributed by atoms with E-state index in [-0.39, 0.29) is 23.0 Å². The van der Waals surface area contributed by atoms with Gasteiger partial charge in [-0.3, -0.25) is 4.79 Å². The van der Waals surface area contributed by atoms with Crippen LogP contribution in [0.3, 0.4) is 0 Å². The zero-order valence-corrected chi connectivity index (χ0v) is 17.7. The van der Waals surface area contributed by atoms with Crippen molar-refractivity contribution in [3.63, 3.8) is 0 Å². The molecule has 0 spiro atoms. The molecule has 2 N–H and O–H groups in total. The molecule has 0 radical (unpaired) electrons. The lowest BCUT2D eigenvalue weighted by Crippen LogP contribution is -2.35. The number of nitrogens with one attached hydrogen (secondary N) is 2. The maximum Gasteiger partial charge on any atom is 0.410 e. The highest BCUT2D eigenvalue weighted by Gasteiger charge is 2.46. The summed E-state index contributed by atoms with van der Waals surface area (Å²) in [7, 11) is 0. The van der Waals surface area contributed by atoms with Crippen LogP contribution in [0.2, 0.25) is 10.0 Å². The Bertz CT molecular complexity index is 1130. The van der Waals surface area contributed by atoms with Gasteiger partial charge in [0.25, 0.3) is 5.91 Å². The number of alkyl halides is 3. The molecule has 1 aliphatic heterocycles. The summed E-state index contributed by atoms with van der Waals surface area (Å²) in [4.78, 5) is 12.6. The van der Waals surface area contributed by atoms with Gasteiger partial charge in [-0.05, 0) is 30.7 Å². The third kappa shape index (κ3) is 4.50. The second-order valence-corrected chi connectivity index (χ2v) is 8.16. The molecule has 0 bridgehead atoms. The molecule has 1 amide bonds. The molecule has 0 fully saturated rings. The Balaban J connectivity index is 1.63. The van der Waals surface area contributed by atoms with E-state index in [1.165, 1.54) is 24.3 Å². The maximum atomic E-state index is 13.8. The van der Waals surface area contributed by atoms with Gasteiger partial charge in [0, 0.05) is 18.2 Å². The standard InChI is InChI=1S/C21H17Cl2F3N4O/c1-11-2-4-12(5-3-11)16-9-18(21(24,25)26)30-19(28-16)10-17(29-30)20(31)27-13-6-7-14(22)15(23)8-13/h2-8,10,16,18,28H,9H2,1H3,(H,27,31)/t16-,18-/m0/s1. The Hall–Kier alpha value is -2.71. The first-order valence-corrected chi connectivity index (χ1v) is 10.1. The zero-order chi connectivity index (χ0) is 22.3. The smallest absolute Gasteiger partial charge is 0.363 e. The van der Waals surface area contributed by atoms with Gasteiger partial charge in [0.15, 0.2) is 11.7 Å². The quantitative estimate of drug-likeness (QED) is 0.466. The molecular weight excluding hydrogens is 452 g/mol. The fourth-order valence-corrected chi connectivity index (χ4v) is 3.77. The summed E-state index contributed by atoms with van der Waals surface area (Å²) in [5.74, 6) is -0.534. The molecule has 0 unspecified atom stereocenters. The Kier molecular flexibility index (Phi) is 5.61. The van der Waals surface area contributed by atoms with Gasteiger partial charge in [0.05, 0.1) is 16.1 Å². The first kappa shape index (κ1) is 21.5. The first-order valence-electron chi connectivity index (χ1n) is 9.37. The van der Waals surface area contributed by atoms with E-state index in [2.05, 4.69) is 15.7 Å². The first-order chi connectivity index (χ1) is 14.6. The van der Waals surface area contributed by atoms with Crippen molar-refractivity contribution in [3.05, 3.63) is 75.4 Å². The summed E-state index contributed by atoms with van der Waals surface area (Å²) >= 11 is 11.8. The van der Waals surface area contributed by atoms with E-state index in [4.69, 9.17) is 23.2 Å². The number of rotatable bonds is 3. The van der Waals surface area contributed by atoms with Crippen molar-refractivity contribution in [2.45, 2.75) is 31.6 Å². The lowest BCUT2D eigenvalue weighted by atomic mass is 9.96. The van der Waals surface area contributed by atoms with Gasteiger partial charge in [-0.2, -0.15) is 18.3 Å². The van der Waals surface area contributed by atoms with Crippen molar-refractivity contribution >= 4 is 40.6 Å². The average molecular weight is 469 g/mol. The summed E-state index contributed by atoms with van der Waals surface area (Å²) in [6.07, 6.45) is -4.77. The zero-order valence-electron chi connectivity index (χ0n) is 16.2.